The molecule has 0 spiro atoms. The van der Waals surface area contributed by atoms with Gasteiger partial charge < -0.3 is 15.6 Å². The zero-order chi connectivity index (χ0) is 9.68. The largest absolute Gasteiger partial charge is 0.497 e. The van der Waals surface area contributed by atoms with Crippen LogP contribution < -0.4 is 5.73 Å². The highest BCUT2D eigenvalue weighted by Crippen LogP contribution is 2.15. The van der Waals surface area contributed by atoms with Crippen molar-refractivity contribution in [2.24, 2.45) is 5.73 Å². The lowest BCUT2D eigenvalue weighted by molar-refractivity contribution is -0.137. The molecule has 0 fully saturated rings. The highest BCUT2D eigenvalue weighted by Gasteiger charge is 2.14. The first kappa shape index (κ1) is 10.1. The monoisotopic (exact) mass is 185 g/mol. The minimum atomic E-state index is -0.813. The van der Waals surface area contributed by atoms with E-state index in [1.54, 1.807) is 0 Å². The zero-order valence-corrected chi connectivity index (χ0v) is 7.53. The van der Waals surface area contributed by atoms with E-state index in [4.69, 9.17) is 15.6 Å². The molecule has 4 nitrogen and oxygen atoms in total. The predicted octanol–water partition coefficient (Wildman–Crippen LogP) is 0.873. The second kappa shape index (κ2) is 4.87. The van der Waals surface area contributed by atoms with Crippen LogP contribution in [0.15, 0.2) is 11.8 Å². The van der Waals surface area contributed by atoms with Crippen LogP contribution in [-0.4, -0.2) is 23.7 Å². The fourth-order valence-electron chi connectivity index (χ4n) is 1.26. The highest BCUT2D eigenvalue weighted by molar-refractivity contribution is 5.66. The number of allylic oxidation sites excluding steroid dienone is 1. The van der Waals surface area contributed by atoms with Crippen LogP contribution in [0, 0.1) is 0 Å². The molecule has 1 aliphatic heterocycles. The molecular weight excluding hydrogens is 170 g/mol. The Morgan fingerprint density at radius 3 is 3.08 bits per heavy atom. The molecule has 1 unspecified atom stereocenters. The second-order valence-corrected chi connectivity index (χ2v) is 3.14. The molecule has 0 aromatic heterocycles. The molecule has 0 aliphatic carbocycles. The predicted molar refractivity (Wildman–Crippen MR) is 48.1 cm³/mol. The van der Waals surface area contributed by atoms with E-state index < -0.39 is 5.97 Å². The van der Waals surface area contributed by atoms with E-state index in [0.717, 1.165) is 18.6 Å². The average molecular weight is 185 g/mol. The molecule has 1 heterocycles. The summed E-state index contributed by atoms with van der Waals surface area (Å²) >= 11 is 0. The molecule has 1 rings (SSSR count). The van der Waals surface area contributed by atoms with Crippen molar-refractivity contribution in [3.8, 4) is 0 Å². The summed E-state index contributed by atoms with van der Waals surface area (Å²) in [6, 6.07) is -0.253. The second-order valence-electron chi connectivity index (χ2n) is 3.14. The number of rotatable bonds is 4. The normalized spacial score (nSPS) is 18.7. The summed E-state index contributed by atoms with van der Waals surface area (Å²) in [5.74, 6) is -0.0561. The van der Waals surface area contributed by atoms with Crippen LogP contribution in [0.1, 0.15) is 25.7 Å². The molecule has 0 bridgehead atoms. The van der Waals surface area contributed by atoms with Gasteiger partial charge >= 0.3 is 5.97 Å². The van der Waals surface area contributed by atoms with Gasteiger partial charge in [0.1, 0.15) is 5.76 Å². The lowest BCUT2D eigenvalue weighted by Gasteiger charge is -2.19. The van der Waals surface area contributed by atoms with E-state index in [1.807, 2.05) is 6.08 Å². The van der Waals surface area contributed by atoms with Gasteiger partial charge in [0.25, 0.3) is 0 Å². The summed E-state index contributed by atoms with van der Waals surface area (Å²) in [6.45, 7) is 0.701. The number of hydrogen-bond donors (Lipinski definition) is 2. The van der Waals surface area contributed by atoms with Crippen molar-refractivity contribution in [2.75, 3.05) is 6.61 Å². The maximum atomic E-state index is 10.3. The zero-order valence-electron chi connectivity index (χ0n) is 7.53. The summed E-state index contributed by atoms with van der Waals surface area (Å²) in [5.41, 5.74) is 5.74. The standard InChI is InChI=1S/C9H15NO3/c10-7(4-5-9(11)12)8-3-1-2-6-13-8/h3,7H,1-2,4-6,10H2,(H,11,12). The number of ether oxygens (including phenoxy) is 1. The molecule has 4 heteroatoms. The van der Waals surface area contributed by atoms with Gasteiger partial charge in [0.2, 0.25) is 0 Å². The number of carbonyl (C=O) groups is 1. The van der Waals surface area contributed by atoms with Crippen LogP contribution in [-0.2, 0) is 9.53 Å². The van der Waals surface area contributed by atoms with Crippen molar-refractivity contribution < 1.29 is 14.6 Å². The molecule has 0 aromatic rings. The molecule has 74 valence electrons. The first-order valence-electron chi connectivity index (χ1n) is 4.50. The topological polar surface area (TPSA) is 72.6 Å². The first-order chi connectivity index (χ1) is 6.20. The smallest absolute Gasteiger partial charge is 0.303 e. The Morgan fingerprint density at radius 2 is 2.54 bits per heavy atom. The number of carboxylic acid groups (broad SMARTS) is 1. The molecule has 0 amide bonds. The van der Waals surface area contributed by atoms with E-state index in [0.29, 0.717) is 13.0 Å². The average Bonchev–Trinajstić information content (AvgIpc) is 2.15. The van der Waals surface area contributed by atoms with Gasteiger partial charge in [-0.3, -0.25) is 4.79 Å². The molecule has 0 saturated carbocycles. The molecular formula is C9H15NO3. The molecule has 1 atom stereocenters. The van der Waals surface area contributed by atoms with Gasteiger partial charge in [-0.25, -0.2) is 0 Å². The van der Waals surface area contributed by atoms with Crippen LogP contribution in [0.4, 0.5) is 0 Å². The summed E-state index contributed by atoms with van der Waals surface area (Å²) in [7, 11) is 0. The summed E-state index contributed by atoms with van der Waals surface area (Å²) in [4.78, 5) is 10.3. The fraction of sp³-hybridized carbons (Fsp3) is 0.667. The van der Waals surface area contributed by atoms with Gasteiger partial charge in [0.15, 0.2) is 0 Å². The van der Waals surface area contributed by atoms with Gasteiger partial charge in [0.05, 0.1) is 12.6 Å². The van der Waals surface area contributed by atoms with E-state index in [1.165, 1.54) is 0 Å². The van der Waals surface area contributed by atoms with Gasteiger partial charge in [-0.2, -0.15) is 0 Å². The van der Waals surface area contributed by atoms with Crippen molar-refractivity contribution >= 4 is 5.97 Å². The van der Waals surface area contributed by atoms with E-state index >= 15 is 0 Å². The van der Waals surface area contributed by atoms with Crippen molar-refractivity contribution in [1.82, 2.24) is 0 Å². The van der Waals surface area contributed by atoms with Crippen molar-refractivity contribution in [2.45, 2.75) is 31.7 Å². The molecule has 0 aromatic carbocycles. The first-order valence-corrected chi connectivity index (χ1v) is 4.50. The van der Waals surface area contributed by atoms with Gasteiger partial charge in [-0.05, 0) is 25.3 Å². The van der Waals surface area contributed by atoms with E-state index in [2.05, 4.69) is 0 Å². The molecule has 1 aliphatic rings. The lowest BCUT2D eigenvalue weighted by atomic mass is 10.1. The Bertz CT molecular complexity index is 213. The Balaban J connectivity index is 2.33. The fourth-order valence-corrected chi connectivity index (χ4v) is 1.26. The lowest BCUT2D eigenvalue weighted by Crippen LogP contribution is -2.26. The van der Waals surface area contributed by atoms with Crippen LogP contribution in [0.3, 0.4) is 0 Å². The molecule has 0 radical (unpaired) electrons. The quantitative estimate of drug-likeness (QED) is 0.681. The van der Waals surface area contributed by atoms with Gasteiger partial charge in [-0.15, -0.1) is 0 Å². The number of hydrogen-bond acceptors (Lipinski definition) is 3. The van der Waals surface area contributed by atoms with Gasteiger partial charge in [-0.1, -0.05) is 0 Å². The Kier molecular flexibility index (Phi) is 3.76. The summed E-state index contributed by atoms with van der Waals surface area (Å²) < 4.78 is 5.32. The Hall–Kier alpha value is -1.03. The van der Waals surface area contributed by atoms with Crippen molar-refractivity contribution in [1.29, 1.82) is 0 Å². The molecule has 0 saturated heterocycles. The number of nitrogens with two attached hydrogens (primary N) is 1. The third-order valence-electron chi connectivity index (χ3n) is 2.00. The minimum Gasteiger partial charge on any atom is -0.497 e. The molecule has 13 heavy (non-hydrogen) atoms. The van der Waals surface area contributed by atoms with Gasteiger partial charge in [0, 0.05) is 6.42 Å². The van der Waals surface area contributed by atoms with Crippen LogP contribution in [0.25, 0.3) is 0 Å². The third-order valence-corrected chi connectivity index (χ3v) is 2.00. The summed E-state index contributed by atoms with van der Waals surface area (Å²) in [5, 5.41) is 8.44. The van der Waals surface area contributed by atoms with Crippen molar-refractivity contribution in [3.63, 3.8) is 0 Å². The maximum absolute atomic E-state index is 10.3. The van der Waals surface area contributed by atoms with Crippen molar-refractivity contribution in [3.05, 3.63) is 11.8 Å². The number of aliphatic carboxylic acids is 1. The summed E-state index contributed by atoms with van der Waals surface area (Å²) in [6.07, 6.45) is 4.50. The SMILES string of the molecule is NC(CCC(=O)O)C1=CCCCO1. The maximum Gasteiger partial charge on any atom is 0.303 e. The number of carboxylic acids is 1. The minimum absolute atomic E-state index is 0.0991. The Morgan fingerprint density at radius 1 is 1.77 bits per heavy atom. The van der Waals surface area contributed by atoms with Crippen LogP contribution in [0.5, 0.6) is 0 Å². The van der Waals surface area contributed by atoms with Crippen LogP contribution >= 0.6 is 0 Å². The van der Waals surface area contributed by atoms with E-state index in [9.17, 15) is 4.79 Å². The Labute approximate surface area is 77.4 Å². The highest BCUT2D eigenvalue weighted by atomic mass is 16.5. The van der Waals surface area contributed by atoms with E-state index in [-0.39, 0.29) is 12.5 Å². The van der Waals surface area contributed by atoms with Crippen LogP contribution in [0.2, 0.25) is 0 Å². The third kappa shape index (κ3) is 3.46. The molecule has 3 N–H and O–H groups in total.